The third-order valence-electron chi connectivity index (χ3n) is 5.49. The van der Waals surface area contributed by atoms with E-state index in [4.69, 9.17) is 0 Å². The van der Waals surface area contributed by atoms with Crippen LogP contribution in [0.3, 0.4) is 0 Å². The van der Waals surface area contributed by atoms with Crippen LogP contribution in [0.2, 0.25) is 0 Å². The van der Waals surface area contributed by atoms with Crippen LogP contribution in [0.5, 0.6) is 0 Å². The van der Waals surface area contributed by atoms with Crippen molar-refractivity contribution in [2.24, 2.45) is 5.92 Å². The summed E-state index contributed by atoms with van der Waals surface area (Å²) in [6, 6.07) is 0. The Hall–Kier alpha value is 0.610. The molecule has 0 aromatic rings. The molecule has 0 heterocycles. The standard InChI is InChI=1S/C24H48O4S.Na/c1-3-5-7-9-11-13-14-16-18-20-22-24(23-28-29(25,26)27)21-19-17-15-12-10-8-6-4-2;/h19,21,24H,3-18,20,22-23H2,1-2H3,(H,25,26,27);/q;+1/p-1/b21-19+;. The summed E-state index contributed by atoms with van der Waals surface area (Å²) in [4.78, 5) is 0. The summed E-state index contributed by atoms with van der Waals surface area (Å²) in [7, 11) is -4.60. The van der Waals surface area contributed by atoms with Gasteiger partial charge in [-0.1, -0.05) is 122 Å². The molecule has 0 rings (SSSR count). The van der Waals surface area contributed by atoms with Gasteiger partial charge in [0.2, 0.25) is 10.4 Å². The minimum absolute atomic E-state index is 0. The van der Waals surface area contributed by atoms with Gasteiger partial charge in [0.15, 0.2) is 0 Å². The van der Waals surface area contributed by atoms with Crippen LogP contribution in [0.15, 0.2) is 12.2 Å². The van der Waals surface area contributed by atoms with Gasteiger partial charge in [0.25, 0.3) is 0 Å². The molecule has 174 valence electrons. The number of hydrogen-bond acceptors (Lipinski definition) is 4. The van der Waals surface area contributed by atoms with E-state index in [9.17, 15) is 13.0 Å². The van der Waals surface area contributed by atoms with Gasteiger partial charge in [0.1, 0.15) is 0 Å². The smallest absolute Gasteiger partial charge is 0.726 e. The van der Waals surface area contributed by atoms with E-state index in [0.29, 0.717) is 0 Å². The molecule has 6 heteroatoms. The molecular formula is C24H47NaO4S. The van der Waals surface area contributed by atoms with Gasteiger partial charge in [-0.2, -0.15) is 0 Å². The molecule has 0 aliphatic rings. The van der Waals surface area contributed by atoms with Crippen molar-refractivity contribution in [1.29, 1.82) is 0 Å². The molecule has 0 saturated heterocycles. The predicted molar refractivity (Wildman–Crippen MR) is 123 cm³/mol. The molecule has 0 radical (unpaired) electrons. The van der Waals surface area contributed by atoms with Crippen molar-refractivity contribution in [3.05, 3.63) is 12.2 Å². The second-order valence-corrected chi connectivity index (χ2v) is 9.46. The summed E-state index contributed by atoms with van der Waals surface area (Å²) in [5, 5.41) is 0. The van der Waals surface area contributed by atoms with Crippen LogP contribution in [0, 0.1) is 5.92 Å². The van der Waals surface area contributed by atoms with Crippen molar-refractivity contribution in [1.82, 2.24) is 0 Å². The van der Waals surface area contributed by atoms with E-state index in [2.05, 4.69) is 30.2 Å². The maximum atomic E-state index is 10.8. The van der Waals surface area contributed by atoms with E-state index >= 15 is 0 Å². The molecule has 0 bridgehead atoms. The molecule has 0 aliphatic carbocycles. The third-order valence-corrected chi connectivity index (χ3v) is 5.91. The van der Waals surface area contributed by atoms with Crippen LogP contribution in [0.1, 0.15) is 129 Å². The third kappa shape index (κ3) is 26.6. The molecule has 0 aromatic carbocycles. The zero-order valence-corrected chi connectivity index (χ0v) is 23.0. The van der Waals surface area contributed by atoms with E-state index < -0.39 is 10.4 Å². The molecule has 0 aliphatic heterocycles. The van der Waals surface area contributed by atoms with Crippen LogP contribution >= 0.6 is 0 Å². The van der Waals surface area contributed by atoms with Crippen molar-refractivity contribution in [2.45, 2.75) is 129 Å². The fraction of sp³-hybridized carbons (Fsp3) is 0.917. The van der Waals surface area contributed by atoms with E-state index in [1.807, 2.05) is 0 Å². The van der Waals surface area contributed by atoms with Gasteiger partial charge >= 0.3 is 29.6 Å². The number of allylic oxidation sites excluding steroid dienone is 1. The molecule has 0 fully saturated rings. The zero-order chi connectivity index (χ0) is 21.6. The molecule has 0 N–H and O–H groups in total. The first-order chi connectivity index (χ1) is 14.0. The van der Waals surface area contributed by atoms with Crippen LogP contribution in [-0.2, 0) is 14.6 Å². The second-order valence-electron chi connectivity index (χ2n) is 8.41. The first-order valence-corrected chi connectivity index (χ1v) is 13.6. The van der Waals surface area contributed by atoms with E-state index in [1.165, 1.54) is 96.3 Å². The molecule has 0 saturated carbocycles. The monoisotopic (exact) mass is 454 g/mol. The molecule has 0 amide bonds. The average Bonchev–Trinajstić information content (AvgIpc) is 2.68. The van der Waals surface area contributed by atoms with Crippen molar-refractivity contribution in [3.63, 3.8) is 0 Å². The molecule has 30 heavy (non-hydrogen) atoms. The Balaban J connectivity index is 0. The molecule has 0 spiro atoms. The van der Waals surface area contributed by atoms with E-state index in [1.54, 1.807) is 0 Å². The van der Waals surface area contributed by atoms with Crippen LogP contribution in [0.25, 0.3) is 0 Å². The normalized spacial score (nSPS) is 12.9. The fourth-order valence-electron chi connectivity index (χ4n) is 3.63. The second kappa shape index (κ2) is 24.3. The van der Waals surface area contributed by atoms with Gasteiger partial charge < -0.3 is 4.55 Å². The van der Waals surface area contributed by atoms with E-state index in [0.717, 1.165) is 19.3 Å². The molecule has 0 aromatic heterocycles. The Kier molecular flexibility index (Phi) is 26.5. The van der Waals surface area contributed by atoms with Crippen LogP contribution in [-0.4, -0.2) is 19.6 Å². The van der Waals surface area contributed by atoms with Crippen LogP contribution < -0.4 is 29.6 Å². The quantitative estimate of drug-likeness (QED) is 0.0782. The summed E-state index contributed by atoms with van der Waals surface area (Å²) in [6.45, 7) is 4.45. The fourth-order valence-corrected chi connectivity index (χ4v) is 3.97. The van der Waals surface area contributed by atoms with Gasteiger partial charge in [0.05, 0.1) is 6.61 Å². The first kappa shape index (κ1) is 32.8. The summed E-state index contributed by atoms with van der Waals surface area (Å²) in [5.41, 5.74) is 0. The summed E-state index contributed by atoms with van der Waals surface area (Å²) in [5.74, 6) is 0.0212. The van der Waals surface area contributed by atoms with Gasteiger partial charge in [-0.05, 0) is 19.3 Å². The zero-order valence-electron chi connectivity index (χ0n) is 20.2. The Bertz CT molecular complexity index is 466. The molecular weight excluding hydrogens is 407 g/mol. The van der Waals surface area contributed by atoms with Crippen molar-refractivity contribution in [2.75, 3.05) is 6.61 Å². The Labute approximate surface area is 210 Å². The van der Waals surface area contributed by atoms with Crippen molar-refractivity contribution < 1.29 is 46.7 Å². The summed E-state index contributed by atoms with van der Waals surface area (Å²) < 4.78 is 36.9. The number of hydrogen-bond donors (Lipinski definition) is 0. The first-order valence-electron chi connectivity index (χ1n) is 12.3. The number of rotatable bonds is 22. The van der Waals surface area contributed by atoms with Gasteiger partial charge in [-0.3, -0.25) is 4.18 Å². The Morgan fingerprint density at radius 3 is 1.63 bits per heavy atom. The Morgan fingerprint density at radius 2 is 1.17 bits per heavy atom. The SMILES string of the molecule is CCCCCCCC/C=C/C(CCCCCCCCCCCC)COS(=O)(=O)[O-].[Na+]. The van der Waals surface area contributed by atoms with Gasteiger partial charge in [-0.25, -0.2) is 8.42 Å². The minimum atomic E-state index is -4.60. The number of unbranched alkanes of at least 4 members (excludes halogenated alkanes) is 15. The van der Waals surface area contributed by atoms with Gasteiger partial charge in [-0.15, -0.1) is 0 Å². The van der Waals surface area contributed by atoms with E-state index in [-0.39, 0.29) is 42.1 Å². The topological polar surface area (TPSA) is 66.4 Å². The van der Waals surface area contributed by atoms with Crippen molar-refractivity contribution >= 4 is 10.4 Å². The largest absolute Gasteiger partial charge is 1.00 e. The maximum Gasteiger partial charge on any atom is 1.00 e. The predicted octanol–water partition coefficient (Wildman–Crippen LogP) is 4.70. The molecule has 1 atom stereocenters. The summed E-state index contributed by atoms with van der Waals surface area (Å²) >= 11 is 0. The molecule has 1 unspecified atom stereocenters. The average molecular weight is 455 g/mol. The maximum absolute atomic E-state index is 10.8. The summed E-state index contributed by atoms with van der Waals surface area (Å²) in [6.07, 6.45) is 26.5. The van der Waals surface area contributed by atoms with Crippen LogP contribution in [0.4, 0.5) is 0 Å². The Morgan fingerprint density at radius 1 is 0.733 bits per heavy atom. The minimum Gasteiger partial charge on any atom is -0.726 e. The molecule has 4 nitrogen and oxygen atoms in total. The van der Waals surface area contributed by atoms with Gasteiger partial charge in [0, 0.05) is 5.92 Å². The van der Waals surface area contributed by atoms with Crippen molar-refractivity contribution in [3.8, 4) is 0 Å².